The van der Waals surface area contributed by atoms with E-state index in [1.165, 1.54) is 4.68 Å². The third kappa shape index (κ3) is 2.95. The minimum atomic E-state index is -4.28. The second kappa shape index (κ2) is 3.91. The Hall–Kier alpha value is -1.17. The van der Waals surface area contributed by atoms with Crippen LogP contribution in [0.4, 0.5) is 0 Å². The molecule has 14 heavy (non-hydrogen) atoms. The van der Waals surface area contributed by atoms with Gasteiger partial charge in [-0.3, -0.25) is 14.0 Å². The molecule has 1 rings (SSSR count). The van der Waals surface area contributed by atoms with Gasteiger partial charge in [0.25, 0.3) is 0 Å². The standard InChI is InChI=1S/C6H9N2O5P/c9-6(10)1-2-8-4-5(3-7-8)14(11,12)13/h3-4H,1-2H2,(H,9,10)(H2,11,12,13). The van der Waals surface area contributed by atoms with Gasteiger partial charge in [-0.2, -0.15) is 5.10 Å². The highest BCUT2D eigenvalue weighted by Gasteiger charge is 2.19. The molecule has 1 aromatic heterocycles. The Bertz CT molecular complexity index is 381. The molecule has 7 nitrogen and oxygen atoms in total. The van der Waals surface area contributed by atoms with Crippen molar-refractivity contribution in [2.24, 2.45) is 0 Å². The first-order valence-corrected chi connectivity index (χ1v) is 5.31. The number of carboxylic acid groups (broad SMARTS) is 1. The molecule has 3 N–H and O–H groups in total. The number of carbonyl (C=O) groups is 1. The molecule has 0 spiro atoms. The van der Waals surface area contributed by atoms with E-state index in [2.05, 4.69) is 5.10 Å². The highest BCUT2D eigenvalue weighted by molar-refractivity contribution is 7.60. The largest absolute Gasteiger partial charge is 0.481 e. The van der Waals surface area contributed by atoms with Crippen LogP contribution in [0.25, 0.3) is 0 Å². The monoisotopic (exact) mass is 220 g/mol. The van der Waals surface area contributed by atoms with Crippen LogP contribution in [0, 0.1) is 0 Å². The van der Waals surface area contributed by atoms with Crippen LogP contribution in [-0.4, -0.2) is 30.6 Å². The van der Waals surface area contributed by atoms with Crippen LogP contribution in [0.5, 0.6) is 0 Å². The number of hydrogen-bond donors (Lipinski definition) is 3. The quantitative estimate of drug-likeness (QED) is 0.570. The van der Waals surface area contributed by atoms with Crippen molar-refractivity contribution >= 4 is 18.9 Å². The summed E-state index contributed by atoms with van der Waals surface area (Å²) < 4.78 is 11.9. The normalized spacial score (nSPS) is 11.6. The molecule has 0 radical (unpaired) electrons. The molecule has 0 aromatic carbocycles. The van der Waals surface area contributed by atoms with E-state index >= 15 is 0 Å². The molecule has 0 aliphatic carbocycles. The zero-order valence-corrected chi connectivity index (χ0v) is 7.96. The Kier molecular flexibility index (Phi) is 3.05. The van der Waals surface area contributed by atoms with Gasteiger partial charge in [0.2, 0.25) is 0 Å². The molecule has 1 heterocycles. The molecule has 0 unspecified atom stereocenters. The van der Waals surface area contributed by atoms with Crippen LogP contribution < -0.4 is 5.30 Å². The maximum absolute atomic E-state index is 10.7. The van der Waals surface area contributed by atoms with Crippen LogP contribution in [-0.2, 0) is 15.9 Å². The van der Waals surface area contributed by atoms with E-state index in [1.807, 2.05) is 0 Å². The second-order valence-corrected chi connectivity index (χ2v) is 4.25. The smallest absolute Gasteiger partial charge is 0.359 e. The predicted molar refractivity (Wildman–Crippen MR) is 46.2 cm³/mol. The third-order valence-electron chi connectivity index (χ3n) is 1.51. The van der Waals surface area contributed by atoms with Gasteiger partial charge in [0.05, 0.1) is 19.2 Å². The number of aliphatic carboxylic acids is 1. The van der Waals surface area contributed by atoms with Crippen molar-refractivity contribution in [1.82, 2.24) is 9.78 Å². The molecule has 1 aromatic rings. The summed E-state index contributed by atoms with van der Waals surface area (Å²) in [6, 6.07) is 0. The maximum Gasteiger partial charge on any atom is 0.359 e. The van der Waals surface area contributed by atoms with Crippen LogP contribution in [0.1, 0.15) is 6.42 Å². The number of hydrogen-bond acceptors (Lipinski definition) is 3. The summed E-state index contributed by atoms with van der Waals surface area (Å²) in [6.45, 7) is 0.0926. The molecule has 8 heteroatoms. The minimum absolute atomic E-state index is 0.0926. The van der Waals surface area contributed by atoms with E-state index in [0.29, 0.717) is 0 Å². The van der Waals surface area contributed by atoms with Crippen molar-refractivity contribution < 1.29 is 24.3 Å². The van der Waals surface area contributed by atoms with Crippen molar-refractivity contribution in [3.63, 3.8) is 0 Å². The Morgan fingerprint density at radius 2 is 2.21 bits per heavy atom. The molecule has 0 aliphatic rings. The zero-order chi connectivity index (χ0) is 10.8. The van der Waals surface area contributed by atoms with Crippen molar-refractivity contribution in [3.8, 4) is 0 Å². The second-order valence-electron chi connectivity index (χ2n) is 2.65. The average molecular weight is 220 g/mol. The van der Waals surface area contributed by atoms with Crippen molar-refractivity contribution in [2.45, 2.75) is 13.0 Å². The topological polar surface area (TPSA) is 113 Å². The number of carboxylic acids is 1. The summed E-state index contributed by atoms with van der Waals surface area (Å²) in [5.41, 5.74) is 0. The highest BCUT2D eigenvalue weighted by Crippen LogP contribution is 2.32. The van der Waals surface area contributed by atoms with E-state index in [0.717, 1.165) is 12.4 Å². The fraction of sp³-hybridized carbons (Fsp3) is 0.333. The number of rotatable bonds is 4. The average Bonchev–Trinajstić information content (AvgIpc) is 2.47. The number of nitrogens with zero attached hydrogens (tertiary/aromatic N) is 2. The fourth-order valence-corrected chi connectivity index (χ4v) is 1.32. The highest BCUT2D eigenvalue weighted by atomic mass is 31.2. The van der Waals surface area contributed by atoms with Gasteiger partial charge in [0, 0.05) is 6.20 Å². The Morgan fingerprint density at radius 1 is 1.57 bits per heavy atom. The van der Waals surface area contributed by atoms with E-state index in [9.17, 15) is 9.36 Å². The molecule has 78 valence electrons. The van der Waals surface area contributed by atoms with E-state index in [4.69, 9.17) is 14.9 Å². The van der Waals surface area contributed by atoms with Crippen LogP contribution in [0.3, 0.4) is 0 Å². The fourth-order valence-electron chi connectivity index (χ4n) is 0.836. The SMILES string of the molecule is O=C(O)CCn1cc(P(=O)(O)O)cn1. The molecule has 0 atom stereocenters. The van der Waals surface area contributed by atoms with Gasteiger partial charge in [-0.1, -0.05) is 0 Å². The molecule has 0 aliphatic heterocycles. The van der Waals surface area contributed by atoms with Gasteiger partial charge in [0.1, 0.15) is 5.30 Å². The summed E-state index contributed by atoms with van der Waals surface area (Å²) in [7, 11) is -4.28. The first-order chi connectivity index (χ1) is 6.39. The lowest BCUT2D eigenvalue weighted by atomic mass is 10.4. The van der Waals surface area contributed by atoms with E-state index in [-0.39, 0.29) is 18.3 Å². The number of aromatic nitrogens is 2. The minimum Gasteiger partial charge on any atom is -0.481 e. The van der Waals surface area contributed by atoms with Gasteiger partial charge < -0.3 is 14.9 Å². The van der Waals surface area contributed by atoms with Crippen molar-refractivity contribution in [2.75, 3.05) is 0 Å². The first-order valence-electron chi connectivity index (χ1n) is 3.70. The summed E-state index contributed by atoms with van der Waals surface area (Å²) in [5.74, 6) is -0.988. The Balaban J connectivity index is 2.69. The summed E-state index contributed by atoms with van der Waals surface area (Å²) in [5, 5.41) is 11.8. The van der Waals surface area contributed by atoms with Crippen LogP contribution in [0.15, 0.2) is 12.4 Å². The van der Waals surface area contributed by atoms with Gasteiger partial charge in [-0.25, -0.2) is 0 Å². The van der Waals surface area contributed by atoms with E-state index in [1.54, 1.807) is 0 Å². The summed E-state index contributed by atoms with van der Waals surface area (Å²) in [4.78, 5) is 27.6. The first kappa shape index (κ1) is 10.9. The van der Waals surface area contributed by atoms with Crippen molar-refractivity contribution in [1.29, 1.82) is 0 Å². The lowest BCUT2D eigenvalue weighted by Crippen LogP contribution is -2.06. The molecule has 0 saturated carbocycles. The summed E-state index contributed by atoms with van der Waals surface area (Å²) in [6.07, 6.45) is 2.04. The molecule has 0 bridgehead atoms. The van der Waals surface area contributed by atoms with Gasteiger partial charge in [-0.15, -0.1) is 0 Å². The van der Waals surface area contributed by atoms with Gasteiger partial charge in [-0.05, 0) is 0 Å². The van der Waals surface area contributed by atoms with Gasteiger partial charge >= 0.3 is 13.6 Å². The zero-order valence-electron chi connectivity index (χ0n) is 7.07. The van der Waals surface area contributed by atoms with Crippen molar-refractivity contribution in [3.05, 3.63) is 12.4 Å². The Morgan fingerprint density at radius 3 is 2.64 bits per heavy atom. The summed E-state index contributed by atoms with van der Waals surface area (Å²) >= 11 is 0. The lowest BCUT2D eigenvalue weighted by molar-refractivity contribution is -0.137. The molecule has 0 fully saturated rings. The van der Waals surface area contributed by atoms with Gasteiger partial charge in [0.15, 0.2) is 0 Å². The maximum atomic E-state index is 10.7. The van der Waals surface area contributed by atoms with Crippen LogP contribution in [0.2, 0.25) is 0 Å². The number of aryl methyl sites for hydroxylation is 1. The molecule has 0 saturated heterocycles. The molecular formula is C6H9N2O5P. The molecule has 0 amide bonds. The Labute approximate surface area is 79.1 Å². The third-order valence-corrected chi connectivity index (χ3v) is 2.41. The predicted octanol–water partition coefficient (Wildman–Crippen LogP) is -0.839. The van der Waals surface area contributed by atoms with E-state index < -0.39 is 13.6 Å². The van der Waals surface area contributed by atoms with Crippen LogP contribution >= 0.6 is 7.60 Å². The lowest BCUT2D eigenvalue weighted by Gasteiger charge is -1.98. The molecular weight excluding hydrogens is 211 g/mol.